The highest BCUT2D eigenvalue weighted by atomic mass is 127. The Labute approximate surface area is 202 Å². The van der Waals surface area contributed by atoms with E-state index < -0.39 is 0 Å². The average molecular weight is 548 g/mol. The fraction of sp³-hybridized carbons (Fsp3) is 0.636. The van der Waals surface area contributed by atoms with Crippen molar-refractivity contribution in [3.05, 3.63) is 34.9 Å². The van der Waals surface area contributed by atoms with Crippen molar-refractivity contribution in [2.45, 2.75) is 44.1 Å². The van der Waals surface area contributed by atoms with Crippen LogP contribution in [-0.2, 0) is 10.2 Å². The molecule has 1 aliphatic carbocycles. The van der Waals surface area contributed by atoms with Crippen molar-refractivity contribution in [3.8, 4) is 0 Å². The molecule has 30 heavy (non-hydrogen) atoms. The first-order valence-electron chi connectivity index (χ1n) is 10.7. The predicted molar refractivity (Wildman–Crippen MR) is 135 cm³/mol. The molecular formula is C22H35ClIN5O. The molecule has 0 spiro atoms. The monoisotopic (exact) mass is 547 g/mol. The lowest BCUT2D eigenvalue weighted by molar-refractivity contribution is -0.130. The Hall–Kier alpha value is -1.06. The zero-order chi connectivity index (χ0) is 20.9. The topological polar surface area (TPSA) is 60.0 Å². The molecule has 1 aliphatic heterocycles. The molecule has 1 heterocycles. The second-order valence-corrected chi connectivity index (χ2v) is 8.91. The van der Waals surface area contributed by atoms with Crippen LogP contribution < -0.4 is 10.6 Å². The van der Waals surface area contributed by atoms with Crippen LogP contribution in [0.25, 0.3) is 0 Å². The normalized spacial score (nSPS) is 19.0. The first kappa shape index (κ1) is 25.2. The van der Waals surface area contributed by atoms with Crippen molar-refractivity contribution in [3.63, 3.8) is 0 Å². The van der Waals surface area contributed by atoms with Crippen molar-refractivity contribution >= 4 is 47.4 Å². The van der Waals surface area contributed by atoms with Gasteiger partial charge in [0, 0.05) is 50.2 Å². The molecule has 1 aromatic rings. The van der Waals surface area contributed by atoms with Gasteiger partial charge < -0.3 is 15.5 Å². The molecule has 0 aromatic heterocycles. The minimum atomic E-state index is 0. The largest absolute Gasteiger partial charge is 0.357 e. The number of halogens is 2. The van der Waals surface area contributed by atoms with Crippen LogP contribution in [0.1, 0.15) is 38.2 Å². The molecule has 6 nitrogen and oxygen atoms in total. The van der Waals surface area contributed by atoms with E-state index in [1.54, 1.807) is 4.90 Å². The van der Waals surface area contributed by atoms with Gasteiger partial charge in [-0.05, 0) is 50.3 Å². The molecule has 1 saturated heterocycles. The Kier molecular flexibility index (Phi) is 9.68. The lowest BCUT2D eigenvalue weighted by Gasteiger charge is -2.33. The SMILES string of the molecule is CCNC(=NCC1(c2cccc(Cl)c2)CC1)NC1CCN(CC(=O)N(C)C)CC1.I. The van der Waals surface area contributed by atoms with Crippen molar-refractivity contribution < 1.29 is 4.79 Å². The number of benzene rings is 1. The van der Waals surface area contributed by atoms with Gasteiger partial charge in [-0.15, -0.1) is 24.0 Å². The second kappa shape index (κ2) is 11.5. The average Bonchev–Trinajstić information content (AvgIpc) is 3.49. The maximum absolute atomic E-state index is 11.9. The molecular weight excluding hydrogens is 513 g/mol. The number of carbonyl (C=O) groups excluding carboxylic acids is 1. The molecule has 0 unspecified atom stereocenters. The van der Waals surface area contributed by atoms with Crippen LogP contribution in [0.3, 0.4) is 0 Å². The number of piperidine rings is 1. The van der Waals surface area contributed by atoms with E-state index >= 15 is 0 Å². The maximum Gasteiger partial charge on any atom is 0.236 e. The summed E-state index contributed by atoms with van der Waals surface area (Å²) in [6.07, 6.45) is 4.36. The third-order valence-electron chi connectivity index (χ3n) is 5.96. The van der Waals surface area contributed by atoms with Crippen LogP contribution in [-0.4, -0.2) is 74.5 Å². The van der Waals surface area contributed by atoms with E-state index in [4.69, 9.17) is 16.6 Å². The summed E-state index contributed by atoms with van der Waals surface area (Å²) in [5.41, 5.74) is 1.44. The van der Waals surface area contributed by atoms with Crippen LogP contribution in [0.15, 0.2) is 29.3 Å². The highest BCUT2D eigenvalue weighted by molar-refractivity contribution is 14.0. The fourth-order valence-corrected chi connectivity index (χ4v) is 4.01. The standard InChI is InChI=1S/C22H34ClN5O.HI/c1-4-24-21(25-16-22(10-11-22)17-6-5-7-18(23)14-17)26-19-8-12-28(13-9-19)15-20(29)27(2)3;/h5-7,14,19H,4,8-13,15-16H2,1-3H3,(H2,24,25,26);1H. The van der Waals surface area contributed by atoms with E-state index in [-0.39, 0.29) is 35.3 Å². The molecule has 2 aliphatic rings. The molecule has 3 rings (SSSR count). The van der Waals surface area contributed by atoms with Crippen LogP contribution in [0.4, 0.5) is 0 Å². The van der Waals surface area contributed by atoms with Crippen molar-refractivity contribution in [2.24, 2.45) is 4.99 Å². The third kappa shape index (κ3) is 6.99. The second-order valence-electron chi connectivity index (χ2n) is 8.47. The molecule has 1 aromatic carbocycles. The van der Waals surface area contributed by atoms with E-state index in [9.17, 15) is 4.79 Å². The molecule has 1 amide bonds. The zero-order valence-electron chi connectivity index (χ0n) is 18.3. The third-order valence-corrected chi connectivity index (χ3v) is 6.20. The number of aliphatic imine (C=N–C) groups is 1. The Morgan fingerprint density at radius 3 is 2.57 bits per heavy atom. The number of likely N-dealkylation sites (tertiary alicyclic amines) is 1. The first-order chi connectivity index (χ1) is 13.9. The van der Waals surface area contributed by atoms with Gasteiger partial charge in [0.2, 0.25) is 5.91 Å². The first-order valence-corrected chi connectivity index (χ1v) is 11.0. The summed E-state index contributed by atoms with van der Waals surface area (Å²) >= 11 is 6.19. The van der Waals surface area contributed by atoms with Gasteiger partial charge in [0.1, 0.15) is 0 Å². The Morgan fingerprint density at radius 1 is 1.30 bits per heavy atom. The van der Waals surface area contributed by atoms with Crippen LogP contribution in [0, 0.1) is 0 Å². The molecule has 8 heteroatoms. The van der Waals surface area contributed by atoms with Crippen LogP contribution in [0.2, 0.25) is 5.02 Å². The number of amides is 1. The quantitative estimate of drug-likeness (QED) is 0.313. The van der Waals surface area contributed by atoms with E-state index in [1.807, 2.05) is 26.2 Å². The zero-order valence-corrected chi connectivity index (χ0v) is 21.4. The summed E-state index contributed by atoms with van der Waals surface area (Å²) < 4.78 is 0. The minimum absolute atomic E-state index is 0. The van der Waals surface area contributed by atoms with Crippen LogP contribution in [0.5, 0.6) is 0 Å². The number of hydrogen-bond acceptors (Lipinski definition) is 3. The van der Waals surface area contributed by atoms with Gasteiger partial charge in [-0.3, -0.25) is 14.7 Å². The number of nitrogens with zero attached hydrogens (tertiary/aromatic N) is 3. The molecule has 0 atom stereocenters. The van der Waals surface area contributed by atoms with E-state index in [2.05, 4.69) is 34.6 Å². The Bertz CT molecular complexity index is 730. The maximum atomic E-state index is 11.9. The lowest BCUT2D eigenvalue weighted by atomic mass is 9.96. The molecule has 1 saturated carbocycles. The van der Waals surface area contributed by atoms with E-state index in [1.165, 1.54) is 5.56 Å². The molecule has 0 radical (unpaired) electrons. The van der Waals surface area contributed by atoms with Crippen molar-refractivity contribution in [1.29, 1.82) is 0 Å². The van der Waals surface area contributed by atoms with Gasteiger partial charge in [-0.1, -0.05) is 23.7 Å². The fourth-order valence-electron chi connectivity index (χ4n) is 3.82. The summed E-state index contributed by atoms with van der Waals surface area (Å²) in [5, 5.41) is 7.79. The Balaban J connectivity index is 0.00000320. The lowest BCUT2D eigenvalue weighted by Crippen LogP contribution is -2.50. The molecule has 2 N–H and O–H groups in total. The summed E-state index contributed by atoms with van der Waals surface area (Å²) in [7, 11) is 3.62. The van der Waals surface area contributed by atoms with Gasteiger partial charge in [-0.2, -0.15) is 0 Å². The van der Waals surface area contributed by atoms with Gasteiger partial charge in [0.25, 0.3) is 0 Å². The van der Waals surface area contributed by atoms with Crippen molar-refractivity contribution in [2.75, 3.05) is 46.8 Å². The Morgan fingerprint density at radius 2 is 2.00 bits per heavy atom. The van der Waals surface area contributed by atoms with Gasteiger partial charge >= 0.3 is 0 Å². The molecule has 2 fully saturated rings. The van der Waals surface area contributed by atoms with Gasteiger partial charge in [0.15, 0.2) is 5.96 Å². The minimum Gasteiger partial charge on any atom is -0.357 e. The number of hydrogen-bond donors (Lipinski definition) is 2. The molecule has 168 valence electrons. The van der Waals surface area contributed by atoms with Gasteiger partial charge in [0.05, 0.1) is 13.1 Å². The van der Waals surface area contributed by atoms with E-state index in [0.717, 1.165) is 62.8 Å². The van der Waals surface area contributed by atoms with Crippen LogP contribution >= 0.6 is 35.6 Å². The molecule has 0 bridgehead atoms. The number of likely N-dealkylation sites (N-methyl/N-ethyl adjacent to an activating group) is 1. The number of guanidine groups is 1. The highest BCUT2D eigenvalue weighted by Gasteiger charge is 2.44. The number of nitrogens with one attached hydrogen (secondary N) is 2. The predicted octanol–water partition coefficient (Wildman–Crippen LogP) is 3.10. The summed E-state index contributed by atoms with van der Waals surface area (Å²) in [6.45, 7) is 6.09. The number of rotatable bonds is 7. The summed E-state index contributed by atoms with van der Waals surface area (Å²) in [5.74, 6) is 1.06. The number of carbonyl (C=O) groups is 1. The summed E-state index contributed by atoms with van der Waals surface area (Å²) in [4.78, 5) is 20.7. The highest BCUT2D eigenvalue weighted by Crippen LogP contribution is 2.48. The summed E-state index contributed by atoms with van der Waals surface area (Å²) in [6, 6.07) is 8.59. The van der Waals surface area contributed by atoms with Gasteiger partial charge in [-0.25, -0.2) is 0 Å². The van der Waals surface area contributed by atoms with E-state index in [0.29, 0.717) is 12.6 Å². The van der Waals surface area contributed by atoms with Crippen molar-refractivity contribution in [1.82, 2.24) is 20.4 Å². The smallest absolute Gasteiger partial charge is 0.236 e.